The number of amides is 1. The van der Waals surface area contributed by atoms with Gasteiger partial charge in [-0.15, -0.1) is 0 Å². The summed E-state index contributed by atoms with van der Waals surface area (Å²) in [5, 5.41) is 13.2. The quantitative estimate of drug-likeness (QED) is 0.813. The molecule has 0 aromatic carbocycles. The van der Waals surface area contributed by atoms with Crippen LogP contribution in [0.1, 0.15) is 24.6 Å². The van der Waals surface area contributed by atoms with Crippen molar-refractivity contribution in [1.29, 1.82) is 0 Å². The summed E-state index contributed by atoms with van der Waals surface area (Å²) < 4.78 is 13.6. The first-order chi connectivity index (χ1) is 12.6. The lowest BCUT2D eigenvalue weighted by atomic mass is 10.3. The number of pyridine rings is 1. The SMILES string of the molecule is C=C/C(=C\C)Sn1cc2c(n1)CN(C(=O)CCO)C2.Fc1cccnc1. The van der Waals surface area contributed by atoms with Crippen LogP contribution in [0, 0.1) is 5.82 Å². The van der Waals surface area contributed by atoms with E-state index in [1.165, 1.54) is 30.4 Å². The summed E-state index contributed by atoms with van der Waals surface area (Å²) >= 11 is 1.50. The number of carbonyl (C=O) groups excluding carboxylic acids is 1. The van der Waals surface area contributed by atoms with Gasteiger partial charge in [-0.05, 0) is 19.1 Å². The van der Waals surface area contributed by atoms with Crippen LogP contribution in [0.5, 0.6) is 0 Å². The minimum Gasteiger partial charge on any atom is -0.396 e. The van der Waals surface area contributed by atoms with Crippen LogP contribution >= 0.6 is 11.9 Å². The Balaban J connectivity index is 0.000000290. The maximum atomic E-state index is 11.8. The first-order valence-electron chi connectivity index (χ1n) is 8.06. The van der Waals surface area contributed by atoms with Gasteiger partial charge in [0.1, 0.15) is 5.82 Å². The largest absolute Gasteiger partial charge is 0.396 e. The molecule has 2 aromatic heterocycles. The number of rotatable bonds is 5. The molecule has 0 spiro atoms. The Hall–Kier alpha value is -2.45. The highest BCUT2D eigenvalue weighted by atomic mass is 32.2. The van der Waals surface area contributed by atoms with E-state index in [0.29, 0.717) is 13.1 Å². The van der Waals surface area contributed by atoms with E-state index in [0.717, 1.165) is 16.2 Å². The lowest BCUT2D eigenvalue weighted by molar-refractivity contribution is -0.132. The summed E-state index contributed by atoms with van der Waals surface area (Å²) in [6.07, 6.45) is 8.58. The van der Waals surface area contributed by atoms with E-state index in [1.807, 2.05) is 19.2 Å². The molecule has 0 unspecified atom stereocenters. The third-order valence-corrected chi connectivity index (χ3v) is 4.53. The molecule has 1 aliphatic heterocycles. The highest BCUT2D eigenvalue weighted by Gasteiger charge is 2.26. The molecule has 2 aromatic rings. The second-order valence-corrected chi connectivity index (χ2v) is 6.41. The number of fused-ring (bicyclic) bond motifs is 1. The maximum absolute atomic E-state index is 11.8. The van der Waals surface area contributed by atoms with Gasteiger partial charge in [-0.2, -0.15) is 5.10 Å². The number of hydrogen-bond donors (Lipinski definition) is 1. The summed E-state index contributed by atoms with van der Waals surface area (Å²) in [6, 6.07) is 2.91. The molecular formula is C18H21FN4O2S. The lowest BCUT2D eigenvalue weighted by Gasteiger charge is -2.14. The monoisotopic (exact) mass is 376 g/mol. The molecule has 3 rings (SSSR count). The second-order valence-electron chi connectivity index (χ2n) is 5.38. The summed E-state index contributed by atoms with van der Waals surface area (Å²) in [4.78, 5) is 17.9. The number of nitrogens with zero attached hydrogens (tertiary/aromatic N) is 4. The summed E-state index contributed by atoms with van der Waals surface area (Å²) in [5.41, 5.74) is 2.00. The smallest absolute Gasteiger partial charge is 0.225 e. The van der Waals surface area contributed by atoms with Crippen LogP contribution in [0.25, 0.3) is 0 Å². The molecule has 0 atom stereocenters. The number of aliphatic hydroxyl groups excluding tert-OH is 1. The van der Waals surface area contributed by atoms with E-state index < -0.39 is 0 Å². The Morgan fingerprint density at radius 3 is 2.81 bits per heavy atom. The minimum atomic E-state index is -0.289. The molecule has 0 fully saturated rings. The van der Waals surface area contributed by atoms with E-state index in [9.17, 15) is 9.18 Å². The van der Waals surface area contributed by atoms with Crippen molar-refractivity contribution >= 4 is 17.9 Å². The molecule has 0 radical (unpaired) electrons. The molecule has 6 nitrogen and oxygen atoms in total. The Morgan fingerprint density at radius 2 is 2.31 bits per heavy atom. The molecule has 8 heteroatoms. The average molecular weight is 376 g/mol. The van der Waals surface area contributed by atoms with Crippen LogP contribution in [0.2, 0.25) is 0 Å². The molecule has 1 aliphatic rings. The van der Waals surface area contributed by atoms with Crippen LogP contribution in [0.15, 0.2) is 54.4 Å². The Morgan fingerprint density at radius 1 is 1.50 bits per heavy atom. The van der Waals surface area contributed by atoms with Gasteiger partial charge in [-0.1, -0.05) is 18.7 Å². The van der Waals surface area contributed by atoms with Crippen LogP contribution in [-0.2, 0) is 17.9 Å². The summed E-state index contributed by atoms with van der Waals surface area (Å²) in [6.45, 7) is 6.70. The first-order valence-corrected chi connectivity index (χ1v) is 8.83. The minimum absolute atomic E-state index is 0.0278. The summed E-state index contributed by atoms with van der Waals surface area (Å²) in [7, 11) is 0. The predicted octanol–water partition coefficient (Wildman–Crippen LogP) is 2.91. The van der Waals surface area contributed by atoms with Crippen molar-refractivity contribution in [2.45, 2.75) is 26.4 Å². The maximum Gasteiger partial charge on any atom is 0.225 e. The van der Waals surface area contributed by atoms with Crippen molar-refractivity contribution in [2.24, 2.45) is 0 Å². The fourth-order valence-electron chi connectivity index (χ4n) is 2.26. The van der Waals surface area contributed by atoms with Crippen molar-refractivity contribution in [3.05, 3.63) is 71.4 Å². The van der Waals surface area contributed by atoms with Gasteiger partial charge in [0.25, 0.3) is 0 Å². The Kier molecular flexibility index (Phi) is 7.55. The highest BCUT2D eigenvalue weighted by molar-refractivity contribution is 8.01. The van der Waals surface area contributed by atoms with Gasteiger partial charge >= 0.3 is 0 Å². The molecule has 0 saturated heterocycles. The topological polar surface area (TPSA) is 71.2 Å². The molecule has 0 aliphatic carbocycles. The zero-order valence-corrected chi connectivity index (χ0v) is 15.3. The molecule has 0 saturated carbocycles. The van der Waals surface area contributed by atoms with Crippen molar-refractivity contribution in [2.75, 3.05) is 6.61 Å². The van der Waals surface area contributed by atoms with Gasteiger partial charge in [-0.3, -0.25) is 9.78 Å². The van der Waals surface area contributed by atoms with Crippen LogP contribution in [0.4, 0.5) is 4.39 Å². The number of hydrogen-bond acceptors (Lipinski definition) is 5. The standard InChI is InChI=1S/C13H17N3O2S.C5H4FN/c1-3-11(4-2)19-16-8-10-7-15(9-12(10)14-16)13(18)5-6-17;6-5-2-1-3-7-4-5/h3-4,8,17H,1,5-7,9H2,2H3;1-4H/b11-4+;. The van der Waals surface area contributed by atoms with Crippen LogP contribution in [0.3, 0.4) is 0 Å². The normalized spacial score (nSPS) is 13.0. The predicted molar refractivity (Wildman–Crippen MR) is 99.3 cm³/mol. The van der Waals surface area contributed by atoms with Crippen molar-refractivity contribution in [1.82, 2.24) is 19.1 Å². The van der Waals surface area contributed by atoms with Crippen molar-refractivity contribution in [3.63, 3.8) is 0 Å². The number of carbonyl (C=O) groups is 1. The lowest BCUT2D eigenvalue weighted by Crippen LogP contribution is -2.26. The molecular weight excluding hydrogens is 355 g/mol. The van der Waals surface area contributed by atoms with Gasteiger partial charge < -0.3 is 10.0 Å². The van der Waals surface area contributed by atoms with E-state index >= 15 is 0 Å². The van der Waals surface area contributed by atoms with E-state index in [1.54, 1.807) is 21.1 Å². The van der Waals surface area contributed by atoms with Crippen LogP contribution < -0.4 is 0 Å². The average Bonchev–Trinajstić information content (AvgIpc) is 3.19. The number of halogens is 1. The number of allylic oxidation sites excluding steroid dienone is 2. The third kappa shape index (κ3) is 5.53. The zero-order chi connectivity index (χ0) is 18.9. The van der Waals surface area contributed by atoms with Gasteiger partial charge in [0, 0.05) is 47.8 Å². The number of aliphatic hydroxyl groups is 1. The van der Waals surface area contributed by atoms with Crippen molar-refractivity contribution in [3.8, 4) is 0 Å². The van der Waals surface area contributed by atoms with Crippen LogP contribution in [-0.4, -0.2) is 36.7 Å². The van der Waals surface area contributed by atoms with E-state index in [2.05, 4.69) is 16.7 Å². The van der Waals surface area contributed by atoms with Gasteiger partial charge in [0.15, 0.2) is 0 Å². The van der Waals surface area contributed by atoms with E-state index in [-0.39, 0.29) is 24.8 Å². The molecule has 26 heavy (non-hydrogen) atoms. The first kappa shape index (κ1) is 19.9. The molecule has 1 N–H and O–H groups in total. The molecule has 1 amide bonds. The van der Waals surface area contributed by atoms with Gasteiger partial charge in [-0.25, -0.2) is 8.48 Å². The third-order valence-electron chi connectivity index (χ3n) is 3.55. The zero-order valence-electron chi connectivity index (χ0n) is 14.5. The second kappa shape index (κ2) is 9.88. The Labute approximate surface area is 156 Å². The van der Waals surface area contributed by atoms with Gasteiger partial charge in [0.05, 0.1) is 25.0 Å². The fourth-order valence-corrected chi connectivity index (χ4v) is 2.98. The molecule has 138 valence electrons. The fraction of sp³-hybridized carbons (Fsp3) is 0.278. The molecule has 0 bridgehead atoms. The van der Waals surface area contributed by atoms with Gasteiger partial charge in [0.2, 0.25) is 5.91 Å². The van der Waals surface area contributed by atoms with E-state index in [4.69, 9.17) is 5.11 Å². The number of aromatic nitrogens is 3. The molecule has 3 heterocycles. The summed E-state index contributed by atoms with van der Waals surface area (Å²) in [5.74, 6) is -0.317. The Bertz CT molecular complexity index is 753. The van der Waals surface area contributed by atoms with Crippen molar-refractivity contribution < 1.29 is 14.3 Å². The highest BCUT2D eigenvalue weighted by Crippen LogP contribution is 2.26.